The van der Waals surface area contributed by atoms with Gasteiger partial charge < -0.3 is 19.4 Å². The van der Waals surface area contributed by atoms with Crippen molar-refractivity contribution in [1.29, 1.82) is 0 Å². The van der Waals surface area contributed by atoms with Crippen LogP contribution in [0.2, 0.25) is 0 Å². The van der Waals surface area contributed by atoms with E-state index in [4.69, 9.17) is 0 Å². The molecule has 0 aliphatic carbocycles. The molecule has 1 amide bonds. The fraction of sp³-hybridized carbons (Fsp3) is 0.385. The maximum atomic E-state index is 12.3. The first-order valence-electron chi connectivity index (χ1n) is 6.01. The Kier molecular flexibility index (Phi) is 5.65. The van der Waals surface area contributed by atoms with Crippen molar-refractivity contribution in [1.82, 2.24) is 9.88 Å². The zero-order valence-electron chi connectivity index (χ0n) is 12.0. The Morgan fingerprint density at radius 1 is 1.10 bits per heavy atom. The first-order chi connectivity index (χ1) is 9.88. The van der Waals surface area contributed by atoms with E-state index in [1.165, 1.54) is 33.4 Å². The van der Waals surface area contributed by atoms with Crippen LogP contribution in [0.1, 0.15) is 27.8 Å². The number of amides is 1. The summed E-state index contributed by atoms with van der Waals surface area (Å²) in [4.78, 5) is 49.7. The molecule has 1 rings (SSSR count). The minimum absolute atomic E-state index is 0.0907. The first-order valence-corrected chi connectivity index (χ1v) is 6.01. The normalized spacial score (nSPS) is 9.86. The molecule has 0 atom stereocenters. The van der Waals surface area contributed by atoms with Crippen LogP contribution in [0.3, 0.4) is 0 Å². The number of hydrogen-bond acceptors (Lipinski definition) is 6. The summed E-state index contributed by atoms with van der Waals surface area (Å²) >= 11 is 0. The second-order valence-electron chi connectivity index (χ2n) is 4.17. The van der Waals surface area contributed by atoms with Crippen molar-refractivity contribution in [2.75, 3.05) is 27.3 Å². The number of esters is 2. The maximum Gasteiger partial charge on any atom is 0.325 e. The van der Waals surface area contributed by atoms with Crippen molar-refractivity contribution in [3.05, 3.63) is 23.5 Å². The lowest BCUT2D eigenvalue weighted by atomic mass is 10.2. The third-order valence-corrected chi connectivity index (χ3v) is 2.70. The number of methoxy groups -OCH3 is 2. The molecule has 0 bridgehead atoms. The second kappa shape index (κ2) is 7.22. The highest BCUT2D eigenvalue weighted by molar-refractivity contribution is 6.00. The van der Waals surface area contributed by atoms with Gasteiger partial charge in [-0.25, -0.2) is 0 Å². The standard InChI is InChI=1S/C13H16N2O6/c1-8(16)9-4-10(14-5-9)13(19)15(6-11(17)20-2)7-12(18)21-3/h4-5,14H,6-7H2,1-3H3. The number of ketones is 1. The maximum absolute atomic E-state index is 12.3. The highest BCUT2D eigenvalue weighted by atomic mass is 16.5. The summed E-state index contributed by atoms with van der Waals surface area (Å²) in [5, 5.41) is 0. The van der Waals surface area contributed by atoms with Crippen LogP contribution < -0.4 is 0 Å². The number of H-pyrrole nitrogens is 1. The smallest absolute Gasteiger partial charge is 0.325 e. The number of carbonyl (C=O) groups excluding carboxylic acids is 4. The van der Waals surface area contributed by atoms with Crippen molar-refractivity contribution >= 4 is 23.6 Å². The monoisotopic (exact) mass is 296 g/mol. The Morgan fingerprint density at radius 3 is 2.00 bits per heavy atom. The third-order valence-electron chi connectivity index (χ3n) is 2.70. The van der Waals surface area contributed by atoms with Crippen molar-refractivity contribution in [3.63, 3.8) is 0 Å². The van der Waals surface area contributed by atoms with Gasteiger partial charge in [-0.15, -0.1) is 0 Å². The van der Waals surface area contributed by atoms with Crippen LogP contribution in [0.25, 0.3) is 0 Å². The summed E-state index contributed by atoms with van der Waals surface area (Å²) < 4.78 is 8.95. The van der Waals surface area contributed by atoms with E-state index in [-0.39, 0.29) is 11.5 Å². The highest BCUT2D eigenvalue weighted by Gasteiger charge is 2.23. The number of nitrogens with zero attached hydrogens (tertiary/aromatic N) is 1. The van der Waals surface area contributed by atoms with Gasteiger partial charge in [0.1, 0.15) is 18.8 Å². The van der Waals surface area contributed by atoms with E-state index < -0.39 is 30.9 Å². The molecule has 0 aliphatic heterocycles. The Bertz CT molecular complexity index is 545. The lowest BCUT2D eigenvalue weighted by Gasteiger charge is -2.19. The molecule has 0 radical (unpaired) electrons. The molecule has 0 saturated carbocycles. The second-order valence-corrected chi connectivity index (χ2v) is 4.17. The SMILES string of the molecule is COC(=O)CN(CC(=O)OC)C(=O)c1cc(C(C)=O)c[nH]1. The van der Waals surface area contributed by atoms with Gasteiger partial charge in [0.15, 0.2) is 5.78 Å². The number of ether oxygens (including phenoxy) is 2. The minimum atomic E-state index is -0.675. The Balaban J connectivity index is 2.94. The number of nitrogens with one attached hydrogen (secondary N) is 1. The van der Waals surface area contributed by atoms with Crippen molar-refractivity contribution in [3.8, 4) is 0 Å². The zero-order valence-corrected chi connectivity index (χ0v) is 12.0. The van der Waals surface area contributed by atoms with Crippen LogP contribution in [0, 0.1) is 0 Å². The Morgan fingerprint density at radius 2 is 1.62 bits per heavy atom. The summed E-state index contributed by atoms with van der Waals surface area (Å²) in [6.45, 7) is 0.551. The fourth-order valence-corrected chi connectivity index (χ4v) is 1.53. The molecule has 0 aliphatic rings. The molecule has 0 unspecified atom stereocenters. The van der Waals surface area contributed by atoms with Crippen LogP contribution in [0.5, 0.6) is 0 Å². The van der Waals surface area contributed by atoms with Crippen LogP contribution in [-0.2, 0) is 19.1 Å². The number of aromatic nitrogens is 1. The van der Waals surface area contributed by atoms with E-state index in [0.717, 1.165) is 4.90 Å². The summed E-state index contributed by atoms with van der Waals surface area (Å²) in [5.41, 5.74) is 0.419. The molecule has 21 heavy (non-hydrogen) atoms. The van der Waals surface area contributed by atoms with E-state index in [1.807, 2.05) is 0 Å². The largest absolute Gasteiger partial charge is 0.468 e. The van der Waals surface area contributed by atoms with Crippen LogP contribution >= 0.6 is 0 Å². The topological polar surface area (TPSA) is 106 Å². The predicted molar refractivity (Wildman–Crippen MR) is 70.7 cm³/mol. The number of Topliss-reactive ketones (excluding diaryl/α,β-unsaturated/α-hetero) is 1. The summed E-state index contributed by atoms with van der Waals surface area (Å²) in [6.07, 6.45) is 1.38. The van der Waals surface area contributed by atoms with Crippen molar-refractivity contribution in [2.45, 2.75) is 6.92 Å². The van der Waals surface area contributed by atoms with Gasteiger partial charge in [-0.3, -0.25) is 19.2 Å². The average molecular weight is 296 g/mol. The highest BCUT2D eigenvalue weighted by Crippen LogP contribution is 2.08. The molecular formula is C13H16N2O6. The molecule has 1 N–H and O–H groups in total. The molecule has 8 heteroatoms. The van der Waals surface area contributed by atoms with E-state index in [9.17, 15) is 19.2 Å². The minimum Gasteiger partial charge on any atom is -0.468 e. The summed E-state index contributed by atoms with van der Waals surface area (Å²) in [5.74, 6) is -2.17. The molecule has 0 aromatic carbocycles. The van der Waals surface area contributed by atoms with Gasteiger partial charge in [0.25, 0.3) is 5.91 Å². The third kappa shape index (κ3) is 4.44. The van der Waals surface area contributed by atoms with Crippen LogP contribution in [0.15, 0.2) is 12.3 Å². The summed E-state index contributed by atoms with van der Waals surface area (Å²) in [6, 6.07) is 1.35. The molecule has 114 valence electrons. The molecule has 1 aromatic heterocycles. The van der Waals surface area contributed by atoms with Gasteiger partial charge in [-0.1, -0.05) is 0 Å². The fourth-order valence-electron chi connectivity index (χ4n) is 1.53. The first kappa shape index (κ1) is 16.4. The summed E-state index contributed by atoms with van der Waals surface area (Å²) in [7, 11) is 2.34. The quantitative estimate of drug-likeness (QED) is 0.585. The van der Waals surface area contributed by atoms with Crippen LogP contribution in [-0.4, -0.2) is 60.8 Å². The van der Waals surface area contributed by atoms with Gasteiger partial charge in [0.05, 0.1) is 14.2 Å². The van der Waals surface area contributed by atoms with Crippen LogP contribution in [0.4, 0.5) is 0 Å². The lowest BCUT2D eigenvalue weighted by molar-refractivity contribution is -0.144. The number of carbonyl (C=O) groups is 4. The Labute approximate surface area is 121 Å². The molecule has 0 fully saturated rings. The van der Waals surface area contributed by atoms with Crippen molar-refractivity contribution < 1.29 is 28.7 Å². The Hall–Kier alpha value is -2.64. The van der Waals surface area contributed by atoms with Gasteiger partial charge in [-0.05, 0) is 13.0 Å². The van der Waals surface area contributed by atoms with Gasteiger partial charge in [0.2, 0.25) is 0 Å². The number of rotatable bonds is 6. The number of hydrogen-bond donors (Lipinski definition) is 1. The molecule has 1 heterocycles. The molecule has 0 spiro atoms. The van der Waals surface area contributed by atoms with Gasteiger partial charge >= 0.3 is 11.9 Å². The molecule has 1 aromatic rings. The molecule has 0 saturated heterocycles. The van der Waals surface area contributed by atoms with E-state index in [1.54, 1.807) is 0 Å². The van der Waals surface area contributed by atoms with E-state index in [0.29, 0.717) is 5.56 Å². The average Bonchev–Trinajstić information content (AvgIpc) is 2.95. The molecule has 8 nitrogen and oxygen atoms in total. The van der Waals surface area contributed by atoms with Gasteiger partial charge in [0, 0.05) is 11.8 Å². The molecular weight excluding hydrogens is 280 g/mol. The zero-order chi connectivity index (χ0) is 16.0. The van der Waals surface area contributed by atoms with Crippen molar-refractivity contribution in [2.24, 2.45) is 0 Å². The van der Waals surface area contributed by atoms with E-state index in [2.05, 4.69) is 14.5 Å². The van der Waals surface area contributed by atoms with E-state index >= 15 is 0 Å². The van der Waals surface area contributed by atoms with Gasteiger partial charge in [-0.2, -0.15) is 0 Å². The number of aromatic amines is 1. The predicted octanol–water partition coefficient (Wildman–Crippen LogP) is 0.00550. The lowest BCUT2D eigenvalue weighted by Crippen LogP contribution is -2.40.